The molecule has 0 fully saturated rings. The van der Waals surface area contributed by atoms with Crippen molar-refractivity contribution < 1.29 is 14.6 Å². The Morgan fingerprint density at radius 3 is 2.95 bits per heavy atom. The van der Waals surface area contributed by atoms with Crippen molar-refractivity contribution in [3.63, 3.8) is 0 Å². The van der Waals surface area contributed by atoms with Crippen LogP contribution in [0, 0.1) is 5.92 Å². The van der Waals surface area contributed by atoms with Gasteiger partial charge < -0.3 is 14.7 Å². The molecule has 116 valence electrons. The number of amides is 1. The van der Waals surface area contributed by atoms with Crippen LogP contribution in [0.25, 0.3) is 0 Å². The van der Waals surface area contributed by atoms with Crippen LogP contribution in [0.15, 0.2) is 18.2 Å². The Morgan fingerprint density at radius 1 is 1.57 bits per heavy atom. The van der Waals surface area contributed by atoms with Crippen molar-refractivity contribution in [1.29, 1.82) is 0 Å². The lowest BCUT2D eigenvalue weighted by Gasteiger charge is -2.40. The molecular weight excluding hydrogens is 290 g/mol. The minimum atomic E-state index is -0.347. The lowest BCUT2D eigenvalue weighted by atomic mass is 9.83. The summed E-state index contributed by atoms with van der Waals surface area (Å²) in [5.41, 5.74) is 2.23. The van der Waals surface area contributed by atoms with Crippen LogP contribution in [0.4, 0.5) is 4.79 Å². The second kappa shape index (κ2) is 7.14. The average Bonchev–Trinajstić information content (AvgIpc) is 2.51. The number of benzene rings is 1. The summed E-state index contributed by atoms with van der Waals surface area (Å²) in [5.74, 6) is -0.00776. The highest BCUT2D eigenvalue weighted by Gasteiger charge is 2.36. The monoisotopic (exact) mass is 311 g/mol. The predicted molar refractivity (Wildman–Crippen MR) is 82.5 cm³/mol. The third-order valence-corrected chi connectivity index (χ3v) is 4.37. The smallest absolute Gasteiger partial charge is 0.410 e. The van der Waals surface area contributed by atoms with E-state index in [0.717, 1.165) is 24.8 Å². The molecule has 0 spiro atoms. The number of ether oxygens (including phenoxy) is 1. The summed E-state index contributed by atoms with van der Waals surface area (Å²) in [6, 6.07) is 5.62. The van der Waals surface area contributed by atoms with Crippen molar-refractivity contribution in [1.82, 2.24) is 4.90 Å². The summed E-state index contributed by atoms with van der Waals surface area (Å²) in [6.07, 6.45) is 2.23. The number of rotatable bonds is 4. The van der Waals surface area contributed by atoms with E-state index < -0.39 is 0 Å². The summed E-state index contributed by atoms with van der Waals surface area (Å²) in [6.45, 7) is 2.72. The number of hydrogen-bond donors (Lipinski definition) is 1. The van der Waals surface area contributed by atoms with Crippen LogP contribution in [-0.4, -0.2) is 36.4 Å². The van der Waals surface area contributed by atoms with Gasteiger partial charge >= 0.3 is 6.09 Å². The normalized spacial score (nSPS) is 19.0. The highest BCUT2D eigenvalue weighted by molar-refractivity contribution is 6.30. The first kappa shape index (κ1) is 16.1. The third-order valence-electron chi connectivity index (χ3n) is 4.13. The lowest BCUT2D eigenvalue weighted by Crippen LogP contribution is -2.44. The van der Waals surface area contributed by atoms with E-state index in [1.807, 2.05) is 18.2 Å². The zero-order chi connectivity index (χ0) is 15.4. The van der Waals surface area contributed by atoms with E-state index >= 15 is 0 Å². The number of aliphatic hydroxyl groups is 1. The molecule has 1 aliphatic heterocycles. The third kappa shape index (κ3) is 3.33. The van der Waals surface area contributed by atoms with Gasteiger partial charge in [0.05, 0.1) is 13.2 Å². The molecule has 0 aliphatic carbocycles. The Morgan fingerprint density at radius 2 is 2.33 bits per heavy atom. The second-order valence-corrected chi connectivity index (χ2v) is 5.87. The van der Waals surface area contributed by atoms with Crippen LogP contribution >= 0.6 is 11.6 Å². The molecule has 0 saturated carbocycles. The molecule has 0 radical (unpaired) electrons. The van der Waals surface area contributed by atoms with E-state index in [9.17, 15) is 9.90 Å². The zero-order valence-electron chi connectivity index (χ0n) is 12.5. The minimum Gasteiger partial charge on any atom is -0.453 e. The van der Waals surface area contributed by atoms with Gasteiger partial charge in [0.1, 0.15) is 0 Å². The summed E-state index contributed by atoms with van der Waals surface area (Å²) in [4.78, 5) is 13.8. The molecule has 0 saturated heterocycles. The Hall–Kier alpha value is -1.26. The number of aliphatic hydroxyl groups excluding tert-OH is 1. The number of fused-ring (bicyclic) bond motifs is 1. The number of nitrogens with zero attached hydrogens (tertiary/aromatic N) is 1. The molecule has 21 heavy (non-hydrogen) atoms. The fourth-order valence-electron chi connectivity index (χ4n) is 3.17. The maximum Gasteiger partial charge on any atom is 0.410 e. The molecule has 2 atom stereocenters. The number of carbonyl (C=O) groups excluding carboxylic acids is 1. The van der Waals surface area contributed by atoms with E-state index in [0.29, 0.717) is 11.6 Å². The van der Waals surface area contributed by atoms with Crippen molar-refractivity contribution in [2.75, 3.05) is 20.3 Å². The van der Waals surface area contributed by atoms with Gasteiger partial charge in [-0.05, 0) is 36.1 Å². The van der Waals surface area contributed by atoms with Crippen LogP contribution in [0.3, 0.4) is 0 Å². The summed E-state index contributed by atoms with van der Waals surface area (Å²) >= 11 is 6.13. The van der Waals surface area contributed by atoms with Crippen LogP contribution in [0.1, 0.15) is 36.9 Å². The average molecular weight is 312 g/mol. The molecule has 1 amide bonds. The Kier molecular flexibility index (Phi) is 5.48. The van der Waals surface area contributed by atoms with Crippen LogP contribution < -0.4 is 0 Å². The van der Waals surface area contributed by atoms with Gasteiger partial charge in [0.15, 0.2) is 0 Å². The zero-order valence-corrected chi connectivity index (χ0v) is 13.3. The number of halogens is 1. The summed E-state index contributed by atoms with van der Waals surface area (Å²) in [7, 11) is 1.39. The van der Waals surface area contributed by atoms with Crippen molar-refractivity contribution in [2.45, 2.75) is 32.2 Å². The highest BCUT2D eigenvalue weighted by atomic mass is 35.5. The van der Waals surface area contributed by atoms with E-state index in [4.69, 9.17) is 16.3 Å². The fourth-order valence-corrected chi connectivity index (χ4v) is 3.35. The molecule has 1 aliphatic rings. The Balaban J connectivity index is 2.45. The first-order valence-electron chi connectivity index (χ1n) is 7.36. The lowest BCUT2D eigenvalue weighted by molar-refractivity contribution is 0.0629. The molecule has 4 nitrogen and oxygen atoms in total. The summed E-state index contributed by atoms with van der Waals surface area (Å²) in [5, 5.41) is 10.4. The molecule has 1 aromatic rings. The van der Waals surface area contributed by atoms with Crippen molar-refractivity contribution in [2.24, 2.45) is 5.92 Å². The van der Waals surface area contributed by atoms with Crippen LogP contribution in [0.5, 0.6) is 0 Å². The molecule has 1 heterocycles. The van der Waals surface area contributed by atoms with E-state index in [1.54, 1.807) is 4.90 Å². The second-order valence-electron chi connectivity index (χ2n) is 5.43. The van der Waals surface area contributed by atoms with E-state index in [2.05, 4.69) is 6.92 Å². The van der Waals surface area contributed by atoms with Gasteiger partial charge in [0.25, 0.3) is 0 Å². The highest BCUT2D eigenvalue weighted by Crippen LogP contribution is 2.38. The summed E-state index contributed by atoms with van der Waals surface area (Å²) < 4.78 is 4.91. The first-order chi connectivity index (χ1) is 10.1. The van der Waals surface area contributed by atoms with Crippen molar-refractivity contribution >= 4 is 17.7 Å². The molecule has 0 aromatic heterocycles. The fraction of sp³-hybridized carbons (Fsp3) is 0.562. The van der Waals surface area contributed by atoms with E-state index in [-0.39, 0.29) is 24.7 Å². The van der Waals surface area contributed by atoms with E-state index in [1.165, 1.54) is 12.7 Å². The van der Waals surface area contributed by atoms with Crippen LogP contribution in [-0.2, 0) is 11.2 Å². The molecule has 1 N–H and O–H groups in total. The van der Waals surface area contributed by atoms with Gasteiger partial charge in [-0.15, -0.1) is 0 Å². The van der Waals surface area contributed by atoms with Gasteiger partial charge in [0.2, 0.25) is 0 Å². The standard InChI is InChI=1S/C16H22ClNO3/c1-3-4-12(10-19)15-14-9-13(17)6-5-11(14)7-8-18(15)16(20)21-2/h5-6,9,12,15,19H,3-4,7-8,10H2,1-2H3/t12-,15+/m0/s1. The maximum atomic E-state index is 12.1. The van der Waals surface area contributed by atoms with Crippen molar-refractivity contribution in [3.8, 4) is 0 Å². The van der Waals surface area contributed by atoms with Gasteiger partial charge in [-0.25, -0.2) is 4.79 Å². The van der Waals surface area contributed by atoms with Gasteiger partial charge in [0, 0.05) is 24.1 Å². The minimum absolute atomic E-state index is 0.00776. The predicted octanol–water partition coefficient (Wildman–Crippen LogP) is 3.41. The topological polar surface area (TPSA) is 49.8 Å². The largest absolute Gasteiger partial charge is 0.453 e. The molecule has 1 aromatic carbocycles. The molecular formula is C16H22ClNO3. The SMILES string of the molecule is CCC[C@@H](CO)[C@@H]1c2cc(Cl)ccc2CCN1C(=O)OC. The molecule has 5 heteroatoms. The van der Waals surface area contributed by atoms with Gasteiger partial charge in [-0.2, -0.15) is 0 Å². The molecule has 0 bridgehead atoms. The first-order valence-corrected chi connectivity index (χ1v) is 7.73. The number of methoxy groups -OCH3 is 1. The van der Waals surface area contributed by atoms with Gasteiger partial charge in [-0.1, -0.05) is 31.0 Å². The van der Waals surface area contributed by atoms with Crippen LogP contribution in [0.2, 0.25) is 5.02 Å². The maximum absolute atomic E-state index is 12.1. The quantitative estimate of drug-likeness (QED) is 0.927. The number of carbonyl (C=O) groups is 1. The Bertz CT molecular complexity index is 506. The molecule has 2 rings (SSSR count). The Labute approximate surface area is 130 Å². The van der Waals surface area contributed by atoms with Gasteiger partial charge in [-0.3, -0.25) is 0 Å². The van der Waals surface area contributed by atoms with Crippen molar-refractivity contribution in [3.05, 3.63) is 34.3 Å². The molecule has 0 unspecified atom stereocenters. The number of hydrogen-bond acceptors (Lipinski definition) is 3.